The van der Waals surface area contributed by atoms with E-state index in [1.165, 1.54) is 0 Å². The largest absolute Gasteiger partial charge is 0.445 e. The SMILES string of the molecule is C=CCOC(=O)N1CCCC(n2nc(Cc3ccc(Cl)cc3)c3ccccc3c2=O)CC1. The Bertz CT molecular complexity index is 1170. The topological polar surface area (TPSA) is 64.4 Å². The molecule has 0 aliphatic carbocycles. The summed E-state index contributed by atoms with van der Waals surface area (Å²) in [5.41, 5.74) is 1.84. The van der Waals surface area contributed by atoms with Gasteiger partial charge in [-0.25, -0.2) is 9.48 Å². The van der Waals surface area contributed by atoms with Crippen molar-refractivity contribution in [1.82, 2.24) is 14.7 Å². The number of ether oxygens (including phenoxy) is 1. The van der Waals surface area contributed by atoms with Crippen LogP contribution in [0.1, 0.15) is 36.6 Å². The van der Waals surface area contributed by atoms with Gasteiger partial charge in [-0.3, -0.25) is 4.79 Å². The fourth-order valence-corrected chi connectivity index (χ4v) is 4.30. The summed E-state index contributed by atoms with van der Waals surface area (Å²) in [7, 11) is 0. The first kappa shape index (κ1) is 22.1. The Hall–Kier alpha value is -3.12. The second kappa shape index (κ2) is 10.0. The molecule has 0 spiro atoms. The van der Waals surface area contributed by atoms with E-state index in [9.17, 15) is 9.59 Å². The molecule has 1 amide bonds. The van der Waals surface area contributed by atoms with Crippen molar-refractivity contribution in [2.45, 2.75) is 31.7 Å². The lowest BCUT2D eigenvalue weighted by molar-refractivity contribution is 0.113. The van der Waals surface area contributed by atoms with Gasteiger partial charge < -0.3 is 9.64 Å². The number of benzene rings is 2. The van der Waals surface area contributed by atoms with Crippen LogP contribution in [-0.2, 0) is 11.2 Å². The van der Waals surface area contributed by atoms with Crippen molar-refractivity contribution in [3.8, 4) is 0 Å². The third-order valence-corrected chi connectivity index (χ3v) is 6.07. The summed E-state index contributed by atoms with van der Waals surface area (Å²) in [5, 5.41) is 7.04. The molecule has 166 valence electrons. The zero-order valence-electron chi connectivity index (χ0n) is 17.9. The van der Waals surface area contributed by atoms with E-state index in [0.717, 1.165) is 29.5 Å². The fraction of sp³-hybridized carbons (Fsp3) is 0.320. The molecule has 1 aromatic heterocycles. The van der Waals surface area contributed by atoms with Crippen LogP contribution in [0.2, 0.25) is 5.02 Å². The molecular formula is C25H26ClN3O3. The third-order valence-electron chi connectivity index (χ3n) is 5.82. The average Bonchev–Trinajstić information content (AvgIpc) is 3.07. The second-order valence-corrected chi connectivity index (χ2v) is 8.42. The van der Waals surface area contributed by atoms with Gasteiger partial charge in [0.05, 0.1) is 17.1 Å². The van der Waals surface area contributed by atoms with E-state index in [1.807, 2.05) is 48.5 Å². The maximum atomic E-state index is 13.3. The molecule has 2 heterocycles. The highest BCUT2D eigenvalue weighted by atomic mass is 35.5. The van der Waals surface area contributed by atoms with Crippen LogP contribution in [0.25, 0.3) is 10.8 Å². The Morgan fingerprint density at radius 2 is 1.88 bits per heavy atom. The number of amides is 1. The van der Waals surface area contributed by atoms with E-state index in [-0.39, 0.29) is 24.3 Å². The molecule has 1 aliphatic heterocycles. The van der Waals surface area contributed by atoms with Crippen LogP contribution in [0.5, 0.6) is 0 Å². The standard InChI is InChI=1S/C25H26ClN3O3/c1-2-16-32-25(31)28-14-5-6-20(13-15-28)29-24(30)22-8-4-3-7-21(22)23(27-29)17-18-9-11-19(26)12-10-18/h2-4,7-12,20H,1,5-6,13-17H2. The molecule has 1 saturated heterocycles. The number of fused-ring (bicyclic) bond motifs is 1. The Kier molecular flexibility index (Phi) is 6.90. The molecule has 7 heteroatoms. The van der Waals surface area contributed by atoms with Crippen molar-refractivity contribution >= 4 is 28.5 Å². The minimum absolute atomic E-state index is 0.0757. The molecule has 1 unspecified atom stereocenters. The Labute approximate surface area is 192 Å². The lowest BCUT2D eigenvalue weighted by atomic mass is 10.0. The number of halogens is 1. The van der Waals surface area contributed by atoms with Gasteiger partial charge in [0.25, 0.3) is 5.56 Å². The molecule has 6 nitrogen and oxygen atoms in total. The van der Waals surface area contributed by atoms with E-state index >= 15 is 0 Å². The first-order valence-corrected chi connectivity index (χ1v) is 11.2. The Balaban J connectivity index is 1.64. The van der Waals surface area contributed by atoms with E-state index in [2.05, 4.69) is 6.58 Å². The normalized spacial score (nSPS) is 16.5. The minimum atomic E-state index is -0.340. The van der Waals surface area contributed by atoms with Crippen LogP contribution in [0, 0.1) is 0 Å². The summed E-state index contributed by atoms with van der Waals surface area (Å²) in [6, 6.07) is 15.2. The maximum absolute atomic E-state index is 13.3. The number of hydrogen-bond donors (Lipinski definition) is 0. The number of hydrogen-bond acceptors (Lipinski definition) is 4. The molecule has 1 fully saturated rings. The molecule has 0 saturated carbocycles. The Morgan fingerprint density at radius 1 is 1.12 bits per heavy atom. The smallest absolute Gasteiger partial charge is 0.410 e. The van der Waals surface area contributed by atoms with Gasteiger partial charge in [0, 0.05) is 29.9 Å². The van der Waals surface area contributed by atoms with Crippen molar-refractivity contribution in [3.05, 3.63) is 87.8 Å². The first-order chi connectivity index (χ1) is 15.6. The van der Waals surface area contributed by atoms with Gasteiger partial charge in [0.15, 0.2) is 0 Å². The van der Waals surface area contributed by atoms with Crippen LogP contribution in [0.4, 0.5) is 4.79 Å². The molecule has 32 heavy (non-hydrogen) atoms. The molecule has 1 atom stereocenters. The summed E-state index contributed by atoms with van der Waals surface area (Å²) in [5.74, 6) is 0. The predicted molar refractivity (Wildman–Crippen MR) is 126 cm³/mol. The molecule has 0 bridgehead atoms. The third kappa shape index (κ3) is 4.86. The molecule has 2 aromatic carbocycles. The van der Waals surface area contributed by atoms with Crippen molar-refractivity contribution in [2.24, 2.45) is 0 Å². The van der Waals surface area contributed by atoms with Crippen molar-refractivity contribution < 1.29 is 9.53 Å². The maximum Gasteiger partial charge on any atom is 0.410 e. The highest BCUT2D eigenvalue weighted by Crippen LogP contribution is 2.24. The van der Waals surface area contributed by atoms with Gasteiger partial charge in [-0.2, -0.15) is 5.10 Å². The molecule has 4 rings (SSSR count). The number of nitrogens with zero attached hydrogens (tertiary/aromatic N) is 3. The minimum Gasteiger partial charge on any atom is -0.445 e. The van der Waals surface area contributed by atoms with E-state index in [4.69, 9.17) is 21.4 Å². The average molecular weight is 452 g/mol. The lowest BCUT2D eigenvalue weighted by Gasteiger charge is -2.20. The molecule has 0 radical (unpaired) electrons. The number of rotatable bonds is 5. The van der Waals surface area contributed by atoms with Gasteiger partial charge in [-0.1, -0.05) is 54.6 Å². The lowest BCUT2D eigenvalue weighted by Crippen LogP contribution is -2.33. The number of carbonyl (C=O) groups is 1. The molecule has 3 aromatic rings. The van der Waals surface area contributed by atoms with E-state index in [1.54, 1.807) is 15.7 Å². The van der Waals surface area contributed by atoms with Crippen molar-refractivity contribution in [2.75, 3.05) is 19.7 Å². The molecule has 0 N–H and O–H groups in total. The van der Waals surface area contributed by atoms with Crippen molar-refractivity contribution in [1.29, 1.82) is 0 Å². The predicted octanol–water partition coefficient (Wildman–Crippen LogP) is 4.99. The zero-order valence-corrected chi connectivity index (χ0v) is 18.6. The highest BCUT2D eigenvalue weighted by Gasteiger charge is 2.25. The van der Waals surface area contributed by atoms with Crippen LogP contribution in [0.15, 0.2) is 66.0 Å². The van der Waals surface area contributed by atoms with Gasteiger partial charge in [-0.15, -0.1) is 0 Å². The number of likely N-dealkylation sites (tertiary alicyclic amines) is 1. The van der Waals surface area contributed by atoms with Gasteiger partial charge in [-0.05, 0) is 43.0 Å². The monoisotopic (exact) mass is 451 g/mol. The summed E-state index contributed by atoms with van der Waals surface area (Å²) in [4.78, 5) is 27.2. The van der Waals surface area contributed by atoms with Crippen LogP contribution in [-0.4, -0.2) is 40.5 Å². The number of aromatic nitrogens is 2. The van der Waals surface area contributed by atoms with Crippen LogP contribution < -0.4 is 5.56 Å². The fourth-order valence-electron chi connectivity index (χ4n) is 4.18. The van der Waals surface area contributed by atoms with Crippen molar-refractivity contribution in [3.63, 3.8) is 0 Å². The summed E-state index contributed by atoms with van der Waals surface area (Å²) < 4.78 is 6.81. The van der Waals surface area contributed by atoms with Crippen LogP contribution >= 0.6 is 11.6 Å². The van der Waals surface area contributed by atoms with E-state index in [0.29, 0.717) is 36.3 Å². The molecule has 1 aliphatic rings. The first-order valence-electron chi connectivity index (χ1n) is 10.8. The quantitative estimate of drug-likeness (QED) is 0.512. The van der Waals surface area contributed by atoms with Gasteiger partial charge >= 0.3 is 6.09 Å². The zero-order chi connectivity index (χ0) is 22.5. The highest BCUT2D eigenvalue weighted by molar-refractivity contribution is 6.30. The Morgan fingerprint density at radius 3 is 2.62 bits per heavy atom. The van der Waals surface area contributed by atoms with Gasteiger partial charge in [0.2, 0.25) is 0 Å². The van der Waals surface area contributed by atoms with Crippen LogP contribution in [0.3, 0.4) is 0 Å². The summed E-state index contributed by atoms with van der Waals surface area (Å²) >= 11 is 6.03. The second-order valence-electron chi connectivity index (χ2n) is 7.98. The van der Waals surface area contributed by atoms with E-state index < -0.39 is 0 Å². The molecular weight excluding hydrogens is 426 g/mol. The van der Waals surface area contributed by atoms with Gasteiger partial charge in [0.1, 0.15) is 6.61 Å². The summed E-state index contributed by atoms with van der Waals surface area (Å²) in [6.45, 7) is 4.89. The summed E-state index contributed by atoms with van der Waals surface area (Å²) in [6.07, 6.45) is 4.02. The number of carbonyl (C=O) groups excluding carboxylic acids is 1.